The van der Waals surface area contributed by atoms with Crippen molar-refractivity contribution in [1.29, 1.82) is 5.53 Å². The fourth-order valence-corrected chi connectivity index (χ4v) is 0.503. The average Bonchev–Trinajstić information content (AvgIpc) is 1.90. The van der Waals surface area contributed by atoms with Crippen LogP contribution in [0.5, 0.6) is 0 Å². The lowest BCUT2D eigenvalue weighted by Gasteiger charge is -1.83. The Morgan fingerprint density at radius 2 is 1.50 bits per heavy atom. The summed E-state index contributed by atoms with van der Waals surface area (Å²) in [7, 11) is 0. The molecule has 0 heterocycles. The van der Waals surface area contributed by atoms with Crippen molar-refractivity contribution in [1.82, 2.24) is 0 Å². The first-order valence-electron chi connectivity index (χ1n) is 2.36. The van der Waals surface area contributed by atoms with E-state index in [0.717, 1.165) is 0 Å². The van der Waals surface area contributed by atoms with E-state index in [9.17, 15) is 0 Å². The molecule has 56 valence electrons. The zero-order chi connectivity index (χ0) is 5.82. The highest BCUT2D eigenvalue weighted by atomic mass is 16.0. The third-order valence-electron chi connectivity index (χ3n) is 0.885. The molecule has 0 unspecified atom stereocenters. The van der Waals surface area contributed by atoms with Crippen LogP contribution in [0.3, 0.4) is 0 Å². The maximum absolute atomic E-state index is 6.57. The molecule has 1 rings (SSSR count). The molecule has 10 heavy (non-hydrogen) atoms. The van der Waals surface area contributed by atoms with Gasteiger partial charge in [-0.2, -0.15) is 5.11 Å². The van der Waals surface area contributed by atoms with Crippen LogP contribution in [0.25, 0.3) is 0 Å². The van der Waals surface area contributed by atoms with Crippen LogP contribution in [-0.2, 0) is 0 Å². The van der Waals surface area contributed by atoms with Crippen molar-refractivity contribution in [2.24, 2.45) is 5.11 Å². The number of nitrogens with one attached hydrogen (secondary N) is 1. The third kappa shape index (κ3) is 2.91. The quantitative estimate of drug-likeness (QED) is 0.558. The summed E-state index contributed by atoms with van der Waals surface area (Å²) in [6, 6.07) is 9.18. The Balaban J connectivity index is 0. The van der Waals surface area contributed by atoms with Gasteiger partial charge in [0, 0.05) is 0 Å². The summed E-state index contributed by atoms with van der Waals surface area (Å²) in [6.45, 7) is 0. The van der Waals surface area contributed by atoms with Gasteiger partial charge in [-0.05, 0) is 12.1 Å². The topological polar surface area (TPSA) is 99.2 Å². The zero-order valence-corrected chi connectivity index (χ0v) is 5.33. The summed E-state index contributed by atoms with van der Waals surface area (Å²) >= 11 is 0. The molecule has 0 saturated carbocycles. The van der Waals surface area contributed by atoms with E-state index in [1.54, 1.807) is 12.1 Å². The molecule has 0 bridgehead atoms. The van der Waals surface area contributed by atoms with E-state index in [1.807, 2.05) is 18.2 Å². The summed E-state index contributed by atoms with van der Waals surface area (Å²) < 4.78 is 0. The molecule has 0 aliphatic heterocycles. The van der Waals surface area contributed by atoms with Gasteiger partial charge in [0.15, 0.2) is 0 Å². The monoisotopic (exact) mass is 142 g/mol. The second-order valence-corrected chi connectivity index (χ2v) is 1.45. The minimum absolute atomic E-state index is 0. The minimum Gasteiger partial charge on any atom is -0.412 e. The first-order valence-corrected chi connectivity index (χ1v) is 2.36. The molecule has 0 saturated heterocycles. The van der Waals surface area contributed by atoms with Crippen LogP contribution in [-0.4, -0.2) is 11.0 Å². The molecule has 1 aromatic rings. The highest BCUT2D eigenvalue weighted by molar-refractivity contribution is 5.34. The molecule has 0 aromatic heterocycles. The van der Waals surface area contributed by atoms with Crippen LogP contribution >= 0.6 is 0 Å². The average molecular weight is 142 g/mol. The number of benzene rings is 1. The second-order valence-electron chi connectivity index (χ2n) is 1.45. The summed E-state index contributed by atoms with van der Waals surface area (Å²) in [5.74, 6) is 0. The van der Waals surface area contributed by atoms with Crippen molar-refractivity contribution < 1.29 is 11.0 Å². The van der Waals surface area contributed by atoms with Crippen LogP contribution in [0.1, 0.15) is 0 Å². The van der Waals surface area contributed by atoms with Crippen molar-refractivity contribution in [3.8, 4) is 0 Å². The molecule has 0 fully saturated rings. The van der Waals surface area contributed by atoms with E-state index in [-0.39, 0.29) is 11.0 Å². The Morgan fingerprint density at radius 3 is 1.80 bits per heavy atom. The van der Waals surface area contributed by atoms with Gasteiger partial charge >= 0.3 is 0 Å². The fraction of sp³-hybridized carbons (Fsp3) is 0. The summed E-state index contributed by atoms with van der Waals surface area (Å²) in [5, 5.41) is 3.22. The minimum atomic E-state index is 0. The van der Waals surface area contributed by atoms with Gasteiger partial charge < -0.3 is 11.0 Å². The number of para-hydroxylation sites is 1. The summed E-state index contributed by atoms with van der Waals surface area (Å²) in [5.41, 5.74) is 7.27. The Hall–Kier alpha value is -1.26. The zero-order valence-electron chi connectivity index (χ0n) is 5.33. The second kappa shape index (κ2) is 5.87. The van der Waals surface area contributed by atoms with E-state index in [4.69, 9.17) is 5.53 Å². The molecule has 0 atom stereocenters. The maximum Gasteiger partial charge on any atom is 0.0849 e. The van der Waals surface area contributed by atoms with E-state index >= 15 is 0 Å². The number of rotatable bonds is 1. The van der Waals surface area contributed by atoms with Gasteiger partial charge in [-0.15, -0.1) is 0 Å². The lowest BCUT2D eigenvalue weighted by molar-refractivity contribution is 0.823. The van der Waals surface area contributed by atoms with E-state index in [2.05, 4.69) is 5.11 Å². The van der Waals surface area contributed by atoms with E-state index in [1.165, 1.54) is 0 Å². The number of nitrogens with zero attached hydrogens (tertiary/aromatic N) is 1. The lowest BCUT2D eigenvalue weighted by Crippen LogP contribution is -1.56. The van der Waals surface area contributed by atoms with Crippen molar-refractivity contribution in [2.45, 2.75) is 0 Å². The maximum atomic E-state index is 6.57. The van der Waals surface area contributed by atoms with Crippen LogP contribution in [0, 0.1) is 5.53 Å². The normalized spacial score (nSPS) is 6.80. The van der Waals surface area contributed by atoms with Gasteiger partial charge in [0.25, 0.3) is 0 Å². The molecule has 0 aliphatic carbocycles. The van der Waals surface area contributed by atoms with E-state index < -0.39 is 0 Å². The first kappa shape index (κ1) is 11.5. The van der Waals surface area contributed by atoms with Gasteiger partial charge in [0.1, 0.15) is 0 Å². The molecule has 0 radical (unpaired) electrons. The van der Waals surface area contributed by atoms with Crippen molar-refractivity contribution in [3.05, 3.63) is 30.3 Å². The number of hydrogen-bond donors (Lipinski definition) is 1. The molecular weight excluding hydrogens is 132 g/mol. The highest BCUT2D eigenvalue weighted by Crippen LogP contribution is 2.07. The Morgan fingerprint density at radius 1 is 1.00 bits per heavy atom. The lowest BCUT2D eigenvalue weighted by atomic mass is 10.3. The predicted molar refractivity (Wildman–Crippen MR) is 38.5 cm³/mol. The fourth-order valence-electron chi connectivity index (χ4n) is 0.503. The molecule has 0 aliphatic rings. The number of hydrogen-bond acceptors (Lipinski definition) is 2. The first-order chi connectivity index (χ1) is 3.93. The standard InChI is InChI=1S/C6H6N2.2H2O/c7-8-6-4-2-1-3-5-6;;/h1-5,7H;2*1H2. The Bertz CT molecular complexity index is 176. The van der Waals surface area contributed by atoms with Gasteiger partial charge in [-0.3, -0.25) is 0 Å². The van der Waals surface area contributed by atoms with Crippen LogP contribution in [0.2, 0.25) is 0 Å². The van der Waals surface area contributed by atoms with Crippen LogP contribution < -0.4 is 0 Å². The Kier molecular flexibility index (Phi) is 6.76. The molecule has 0 spiro atoms. The van der Waals surface area contributed by atoms with E-state index in [0.29, 0.717) is 5.69 Å². The summed E-state index contributed by atoms with van der Waals surface area (Å²) in [4.78, 5) is 0. The molecular formula is C6H10N2O2. The third-order valence-corrected chi connectivity index (χ3v) is 0.885. The van der Waals surface area contributed by atoms with Gasteiger partial charge in [0.05, 0.1) is 5.69 Å². The van der Waals surface area contributed by atoms with Crippen molar-refractivity contribution in [2.75, 3.05) is 0 Å². The SMILES string of the molecule is N=Nc1ccccc1.O.O. The molecule has 5 N–H and O–H groups in total. The molecule has 4 heteroatoms. The Labute approximate surface area is 58.6 Å². The van der Waals surface area contributed by atoms with Crippen molar-refractivity contribution in [3.63, 3.8) is 0 Å². The largest absolute Gasteiger partial charge is 0.412 e. The van der Waals surface area contributed by atoms with Crippen LogP contribution in [0.4, 0.5) is 5.69 Å². The van der Waals surface area contributed by atoms with Crippen molar-refractivity contribution >= 4 is 5.69 Å². The van der Waals surface area contributed by atoms with Crippen LogP contribution in [0.15, 0.2) is 35.4 Å². The molecule has 1 aromatic carbocycles. The molecule has 0 amide bonds. The molecule has 4 nitrogen and oxygen atoms in total. The van der Waals surface area contributed by atoms with Gasteiger partial charge in [-0.1, -0.05) is 18.2 Å². The highest BCUT2D eigenvalue weighted by Gasteiger charge is 1.78. The predicted octanol–water partition coefficient (Wildman–Crippen LogP) is 0.700. The van der Waals surface area contributed by atoms with Gasteiger partial charge in [-0.25, -0.2) is 5.53 Å². The smallest absolute Gasteiger partial charge is 0.0849 e. The van der Waals surface area contributed by atoms with Gasteiger partial charge in [0.2, 0.25) is 0 Å². The summed E-state index contributed by atoms with van der Waals surface area (Å²) in [6.07, 6.45) is 0.